The zero-order valence-corrected chi connectivity index (χ0v) is 15.6. The van der Waals surface area contributed by atoms with Crippen LogP contribution < -0.4 is 16.1 Å². The Kier molecular flexibility index (Phi) is 7.44. The van der Waals surface area contributed by atoms with Gasteiger partial charge in [-0.2, -0.15) is 5.10 Å². The molecule has 0 atom stereocenters. The first kappa shape index (κ1) is 19.8. The quantitative estimate of drug-likeness (QED) is 0.506. The van der Waals surface area contributed by atoms with Crippen molar-refractivity contribution in [2.24, 2.45) is 5.10 Å². The second kappa shape index (κ2) is 9.79. The molecule has 0 spiro atoms. The number of amides is 3. The van der Waals surface area contributed by atoms with E-state index in [4.69, 9.17) is 23.2 Å². The number of rotatable bonds is 6. The molecule has 6 nitrogen and oxygen atoms in total. The first-order valence-electron chi connectivity index (χ1n) is 7.93. The molecule has 2 aromatic rings. The van der Waals surface area contributed by atoms with Crippen LogP contribution in [-0.4, -0.2) is 24.7 Å². The van der Waals surface area contributed by atoms with Crippen molar-refractivity contribution in [2.45, 2.75) is 13.3 Å². The fourth-order valence-corrected chi connectivity index (χ4v) is 2.41. The van der Waals surface area contributed by atoms with Crippen LogP contribution in [0.4, 0.5) is 10.5 Å². The van der Waals surface area contributed by atoms with E-state index < -0.39 is 0 Å². The highest BCUT2D eigenvalue weighted by Gasteiger charge is 2.06. The number of hydrazone groups is 1. The number of urea groups is 1. The van der Waals surface area contributed by atoms with Gasteiger partial charge in [-0.25, -0.2) is 10.2 Å². The Morgan fingerprint density at radius 2 is 1.85 bits per heavy atom. The van der Waals surface area contributed by atoms with Crippen LogP contribution in [-0.2, 0) is 0 Å². The van der Waals surface area contributed by atoms with E-state index >= 15 is 0 Å². The number of halogens is 2. The molecule has 0 heterocycles. The van der Waals surface area contributed by atoms with E-state index in [0.29, 0.717) is 33.4 Å². The van der Waals surface area contributed by atoms with Gasteiger partial charge >= 0.3 is 6.03 Å². The maximum atomic E-state index is 12.1. The molecule has 0 aliphatic rings. The summed E-state index contributed by atoms with van der Waals surface area (Å²) in [5, 5.41) is 10.2. The first-order chi connectivity index (χ1) is 12.5. The lowest BCUT2D eigenvalue weighted by molar-refractivity contribution is 0.0955. The minimum Gasteiger partial charge on any atom is -0.338 e. The largest absolute Gasteiger partial charge is 0.338 e. The molecule has 2 rings (SSSR count). The summed E-state index contributed by atoms with van der Waals surface area (Å²) in [7, 11) is 0. The van der Waals surface area contributed by atoms with E-state index in [1.54, 1.807) is 42.5 Å². The zero-order valence-electron chi connectivity index (χ0n) is 14.1. The van der Waals surface area contributed by atoms with E-state index in [1.165, 1.54) is 6.21 Å². The molecule has 0 aromatic heterocycles. The van der Waals surface area contributed by atoms with Gasteiger partial charge in [-0.15, -0.1) is 0 Å². The Labute approximate surface area is 161 Å². The van der Waals surface area contributed by atoms with Gasteiger partial charge in [0.15, 0.2) is 0 Å². The van der Waals surface area contributed by atoms with Crippen LogP contribution in [0.25, 0.3) is 0 Å². The van der Waals surface area contributed by atoms with Crippen LogP contribution in [0.1, 0.15) is 29.3 Å². The molecule has 0 saturated heterocycles. The molecule has 0 aliphatic heterocycles. The summed E-state index contributed by atoms with van der Waals surface area (Å²) in [5.41, 5.74) is 4.05. The molecule has 2 aromatic carbocycles. The number of hydrogen-bond donors (Lipinski definition) is 3. The van der Waals surface area contributed by atoms with Crippen molar-refractivity contribution in [3.63, 3.8) is 0 Å². The molecule has 0 bridgehead atoms. The highest BCUT2D eigenvalue weighted by Crippen LogP contribution is 2.19. The van der Waals surface area contributed by atoms with Gasteiger partial charge in [-0.1, -0.05) is 36.2 Å². The summed E-state index contributed by atoms with van der Waals surface area (Å²) in [4.78, 5) is 23.6. The number of carbonyl (C=O) groups is 2. The number of nitrogens with zero attached hydrogens (tertiary/aromatic N) is 1. The normalized spacial score (nSPS) is 10.6. The molecule has 136 valence electrons. The van der Waals surface area contributed by atoms with Crippen LogP contribution in [0.5, 0.6) is 0 Å². The molecule has 26 heavy (non-hydrogen) atoms. The number of carbonyl (C=O) groups excluding carboxylic acids is 2. The molecule has 3 amide bonds. The second-order valence-electron chi connectivity index (χ2n) is 5.32. The van der Waals surface area contributed by atoms with Gasteiger partial charge in [-0.05, 0) is 42.8 Å². The average Bonchev–Trinajstić information content (AvgIpc) is 2.62. The summed E-state index contributed by atoms with van der Waals surface area (Å²) in [5.74, 6) is -0.381. The summed E-state index contributed by atoms with van der Waals surface area (Å²) in [6.45, 7) is 2.57. The van der Waals surface area contributed by atoms with Crippen molar-refractivity contribution in [3.8, 4) is 0 Å². The first-order valence-corrected chi connectivity index (χ1v) is 8.68. The third kappa shape index (κ3) is 6.06. The van der Waals surface area contributed by atoms with Crippen LogP contribution >= 0.6 is 23.2 Å². The molecule has 0 fully saturated rings. The van der Waals surface area contributed by atoms with E-state index in [-0.39, 0.29) is 11.9 Å². The van der Waals surface area contributed by atoms with Crippen LogP contribution in [0.15, 0.2) is 47.6 Å². The SMILES string of the molecule is CCCNC(=O)Nc1ccc(C(=O)NN=Cc2ccc(Cl)cc2Cl)cc1. The van der Waals surface area contributed by atoms with Crippen LogP contribution in [0, 0.1) is 0 Å². The maximum Gasteiger partial charge on any atom is 0.319 e. The van der Waals surface area contributed by atoms with Crippen molar-refractivity contribution in [2.75, 3.05) is 11.9 Å². The summed E-state index contributed by atoms with van der Waals surface area (Å²) >= 11 is 11.8. The Bertz CT molecular complexity index is 807. The number of nitrogens with one attached hydrogen (secondary N) is 3. The average molecular weight is 393 g/mol. The van der Waals surface area contributed by atoms with Gasteiger partial charge in [0, 0.05) is 28.4 Å². The molecule has 8 heteroatoms. The highest BCUT2D eigenvalue weighted by molar-refractivity contribution is 6.36. The van der Waals surface area contributed by atoms with Crippen molar-refractivity contribution in [1.82, 2.24) is 10.7 Å². The van der Waals surface area contributed by atoms with Gasteiger partial charge in [0.1, 0.15) is 0 Å². The zero-order chi connectivity index (χ0) is 18.9. The predicted octanol–water partition coefficient (Wildman–Crippen LogP) is 4.29. The Morgan fingerprint density at radius 3 is 2.50 bits per heavy atom. The number of anilines is 1. The third-order valence-corrected chi connectivity index (χ3v) is 3.84. The topological polar surface area (TPSA) is 82.6 Å². The van der Waals surface area contributed by atoms with Gasteiger partial charge < -0.3 is 10.6 Å². The van der Waals surface area contributed by atoms with Gasteiger partial charge in [0.2, 0.25) is 0 Å². The van der Waals surface area contributed by atoms with Crippen molar-refractivity contribution in [1.29, 1.82) is 0 Å². The summed E-state index contributed by atoms with van der Waals surface area (Å²) in [6, 6.07) is 11.2. The Balaban J connectivity index is 1.91. The number of benzene rings is 2. The second-order valence-corrected chi connectivity index (χ2v) is 6.17. The van der Waals surface area contributed by atoms with Crippen molar-refractivity contribution < 1.29 is 9.59 Å². The smallest absolute Gasteiger partial charge is 0.319 e. The molecular formula is C18H18Cl2N4O2. The van der Waals surface area contributed by atoms with E-state index in [0.717, 1.165) is 6.42 Å². The molecule has 0 saturated carbocycles. The summed E-state index contributed by atoms with van der Waals surface area (Å²) < 4.78 is 0. The molecule has 0 aliphatic carbocycles. The van der Waals surface area contributed by atoms with Gasteiger partial charge in [0.25, 0.3) is 5.91 Å². The molecular weight excluding hydrogens is 375 g/mol. The lowest BCUT2D eigenvalue weighted by atomic mass is 10.2. The maximum absolute atomic E-state index is 12.1. The Hall–Kier alpha value is -2.57. The standard InChI is InChI=1S/C18H18Cl2N4O2/c1-2-9-21-18(26)23-15-7-4-12(5-8-15)17(25)24-22-11-13-3-6-14(19)10-16(13)20/h3-8,10-11H,2,9H2,1H3,(H,24,25)(H2,21,23,26). The highest BCUT2D eigenvalue weighted by atomic mass is 35.5. The predicted molar refractivity (Wildman–Crippen MR) is 105 cm³/mol. The minimum atomic E-state index is -0.381. The molecule has 0 unspecified atom stereocenters. The van der Waals surface area contributed by atoms with Crippen molar-refractivity contribution >= 4 is 47.0 Å². The lowest BCUT2D eigenvalue weighted by Crippen LogP contribution is -2.29. The number of hydrogen-bond acceptors (Lipinski definition) is 3. The van der Waals surface area contributed by atoms with Crippen LogP contribution in [0.2, 0.25) is 10.0 Å². The van der Waals surface area contributed by atoms with Gasteiger partial charge in [-0.3, -0.25) is 4.79 Å². The lowest BCUT2D eigenvalue weighted by Gasteiger charge is -2.07. The minimum absolute atomic E-state index is 0.284. The van der Waals surface area contributed by atoms with Gasteiger partial charge in [0.05, 0.1) is 11.2 Å². The van der Waals surface area contributed by atoms with E-state index in [2.05, 4.69) is 21.2 Å². The van der Waals surface area contributed by atoms with E-state index in [9.17, 15) is 9.59 Å². The molecule has 0 radical (unpaired) electrons. The fourth-order valence-electron chi connectivity index (χ4n) is 1.95. The Morgan fingerprint density at radius 1 is 1.12 bits per heavy atom. The molecule has 3 N–H and O–H groups in total. The summed E-state index contributed by atoms with van der Waals surface area (Å²) in [6.07, 6.45) is 2.29. The fraction of sp³-hybridized carbons (Fsp3) is 0.167. The third-order valence-electron chi connectivity index (χ3n) is 3.27. The monoisotopic (exact) mass is 392 g/mol. The van der Waals surface area contributed by atoms with E-state index in [1.807, 2.05) is 6.92 Å². The van der Waals surface area contributed by atoms with Crippen LogP contribution in [0.3, 0.4) is 0 Å². The van der Waals surface area contributed by atoms with Crippen molar-refractivity contribution in [3.05, 3.63) is 63.6 Å².